The van der Waals surface area contributed by atoms with Crippen LogP contribution in [-0.4, -0.2) is 47.2 Å². The molecule has 0 saturated carbocycles. The molecule has 0 atom stereocenters. The number of amides is 1. The number of hydrogen-bond acceptors (Lipinski definition) is 3. The lowest BCUT2D eigenvalue weighted by atomic mass is 10.1. The van der Waals surface area contributed by atoms with Crippen molar-refractivity contribution in [3.05, 3.63) is 70.5 Å². The van der Waals surface area contributed by atoms with Gasteiger partial charge in [0.15, 0.2) is 5.82 Å². The monoisotopic (exact) mass is 398 g/mol. The molecule has 1 saturated heterocycles. The summed E-state index contributed by atoms with van der Waals surface area (Å²) in [5, 5.41) is 8.15. The summed E-state index contributed by atoms with van der Waals surface area (Å²) in [5.41, 5.74) is 2.86. The third-order valence-electron chi connectivity index (χ3n) is 5.03. The first kappa shape index (κ1) is 18.5. The van der Waals surface area contributed by atoms with E-state index in [4.69, 9.17) is 11.6 Å². The van der Waals surface area contributed by atoms with Gasteiger partial charge in [0.2, 0.25) is 0 Å². The quantitative estimate of drug-likeness (QED) is 0.721. The van der Waals surface area contributed by atoms with Gasteiger partial charge in [-0.05, 0) is 42.3 Å². The second-order valence-corrected chi connectivity index (χ2v) is 7.33. The first-order valence-corrected chi connectivity index (χ1v) is 9.51. The van der Waals surface area contributed by atoms with Crippen LogP contribution in [0.3, 0.4) is 0 Å². The number of benzene rings is 2. The van der Waals surface area contributed by atoms with Crippen molar-refractivity contribution in [3.63, 3.8) is 0 Å². The summed E-state index contributed by atoms with van der Waals surface area (Å²) in [6.45, 7) is 4.16. The Morgan fingerprint density at radius 3 is 2.46 bits per heavy atom. The predicted octanol–water partition coefficient (Wildman–Crippen LogP) is 4.14. The third-order valence-corrected chi connectivity index (χ3v) is 5.28. The fourth-order valence-electron chi connectivity index (χ4n) is 3.30. The summed E-state index contributed by atoms with van der Waals surface area (Å²) in [5.74, 6) is 0.358. The van der Waals surface area contributed by atoms with Crippen molar-refractivity contribution < 1.29 is 9.18 Å². The minimum atomic E-state index is -0.351. The molecule has 4 rings (SSSR count). The molecule has 1 fully saturated rings. The molecule has 0 unspecified atom stereocenters. The zero-order valence-corrected chi connectivity index (χ0v) is 16.2. The van der Waals surface area contributed by atoms with Crippen molar-refractivity contribution in [1.29, 1.82) is 0 Å². The Kier molecular flexibility index (Phi) is 5.05. The van der Waals surface area contributed by atoms with Crippen LogP contribution in [0.4, 0.5) is 10.2 Å². The number of H-pyrrole nitrogens is 1. The van der Waals surface area contributed by atoms with E-state index in [2.05, 4.69) is 15.1 Å². The number of carbonyl (C=O) groups excluding carboxylic acids is 1. The molecule has 7 heteroatoms. The van der Waals surface area contributed by atoms with Crippen LogP contribution in [0, 0.1) is 12.7 Å². The summed E-state index contributed by atoms with van der Waals surface area (Å²) in [4.78, 5) is 16.5. The van der Waals surface area contributed by atoms with Crippen LogP contribution in [0.25, 0.3) is 11.3 Å². The van der Waals surface area contributed by atoms with Gasteiger partial charge in [-0.1, -0.05) is 29.8 Å². The Labute approximate surface area is 167 Å². The van der Waals surface area contributed by atoms with E-state index in [1.807, 2.05) is 30.3 Å². The van der Waals surface area contributed by atoms with Crippen LogP contribution < -0.4 is 4.90 Å². The average Bonchev–Trinajstić information content (AvgIpc) is 3.20. The van der Waals surface area contributed by atoms with Gasteiger partial charge >= 0.3 is 0 Å². The van der Waals surface area contributed by atoms with Gasteiger partial charge in [0.05, 0.1) is 5.69 Å². The predicted molar refractivity (Wildman–Crippen MR) is 108 cm³/mol. The highest BCUT2D eigenvalue weighted by Crippen LogP contribution is 2.24. The van der Waals surface area contributed by atoms with Gasteiger partial charge in [0, 0.05) is 42.8 Å². The van der Waals surface area contributed by atoms with E-state index >= 15 is 0 Å². The van der Waals surface area contributed by atoms with Gasteiger partial charge in [-0.2, -0.15) is 5.10 Å². The molecule has 0 radical (unpaired) electrons. The van der Waals surface area contributed by atoms with Crippen LogP contribution >= 0.6 is 11.6 Å². The van der Waals surface area contributed by atoms with Crippen molar-refractivity contribution in [2.24, 2.45) is 0 Å². The van der Waals surface area contributed by atoms with Gasteiger partial charge in [-0.15, -0.1) is 0 Å². The second-order valence-electron chi connectivity index (χ2n) is 6.89. The highest BCUT2D eigenvalue weighted by atomic mass is 35.5. The third kappa shape index (κ3) is 3.73. The number of halogens is 2. The summed E-state index contributed by atoms with van der Waals surface area (Å²) in [7, 11) is 0. The number of aromatic nitrogens is 2. The zero-order valence-electron chi connectivity index (χ0n) is 15.5. The SMILES string of the molecule is Cc1ccc(C(=O)N2CCN(c3cc(-c4ccc(Cl)cc4)[nH]n3)CC2)cc1F. The van der Waals surface area contributed by atoms with Crippen molar-refractivity contribution >= 4 is 23.3 Å². The largest absolute Gasteiger partial charge is 0.352 e. The van der Waals surface area contributed by atoms with Crippen molar-refractivity contribution in [2.45, 2.75) is 6.92 Å². The van der Waals surface area contributed by atoms with Gasteiger partial charge in [-0.3, -0.25) is 9.89 Å². The van der Waals surface area contributed by atoms with E-state index in [1.165, 1.54) is 6.07 Å². The van der Waals surface area contributed by atoms with Gasteiger partial charge in [0.25, 0.3) is 5.91 Å². The maximum absolute atomic E-state index is 13.8. The van der Waals surface area contributed by atoms with Crippen LogP contribution in [0.1, 0.15) is 15.9 Å². The van der Waals surface area contributed by atoms with E-state index in [0.29, 0.717) is 42.3 Å². The molecule has 5 nitrogen and oxygen atoms in total. The number of nitrogens with one attached hydrogen (secondary N) is 1. The smallest absolute Gasteiger partial charge is 0.254 e. The summed E-state index contributed by atoms with van der Waals surface area (Å²) in [6.07, 6.45) is 0. The Hall–Kier alpha value is -2.86. The molecular formula is C21H20ClFN4O. The normalized spacial score (nSPS) is 14.4. The number of nitrogens with zero attached hydrogens (tertiary/aromatic N) is 3. The zero-order chi connectivity index (χ0) is 19.7. The van der Waals surface area contributed by atoms with Crippen LogP contribution in [0.15, 0.2) is 48.5 Å². The fraction of sp³-hybridized carbons (Fsp3) is 0.238. The molecule has 1 N–H and O–H groups in total. The lowest BCUT2D eigenvalue weighted by molar-refractivity contribution is 0.0746. The number of aromatic amines is 1. The van der Waals surface area contributed by atoms with E-state index in [1.54, 1.807) is 24.0 Å². The van der Waals surface area contributed by atoms with Crippen LogP contribution in [0.2, 0.25) is 5.02 Å². The average molecular weight is 399 g/mol. The highest BCUT2D eigenvalue weighted by molar-refractivity contribution is 6.30. The molecule has 2 heterocycles. The molecule has 0 aliphatic carbocycles. The lowest BCUT2D eigenvalue weighted by Gasteiger charge is -2.34. The van der Waals surface area contributed by atoms with Crippen molar-refractivity contribution in [1.82, 2.24) is 15.1 Å². The van der Waals surface area contributed by atoms with Crippen molar-refractivity contribution in [2.75, 3.05) is 31.1 Å². The maximum Gasteiger partial charge on any atom is 0.254 e. The Balaban J connectivity index is 1.41. The van der Waals surface area contributed by atoms with E-state index in [-0.39, 0.29) is 11.7 Å². The highest BCUT2D eigenvalue weighted by Gasteiger charge is 2.24. The fourth-order valence-corrected chi connectivity index (χ4v) is 3.42. The molecule has 2 aromatic carbocycles. The van der Waals surface area contributed by atoms with E-state index < -0.39 is 0 Å². The van der Waals surface area contributed by atoms with Crippen LogP contribution in [-0.2, 0) is 0 Å². The first-order valence-electron chi connectivity index (χ1n) is 9.13. The lowest BCUT2D eigenvalue weighted by Crippen LogP contribution is -2.49. The Bertz CT molecular complexity index is 994. The minimum Gasteiger partial charge on any atom is -0.352 e. The van der Waals surface area contributed by atoms with E-state index in [0.717, 1.165) is 17.1 Å². The standard InChI is InChI=1S/C21H20ClFN4O/c1-14-2-3-16(12-18(14)23)21(28)27-10-8-26(9-11-27)20-13-19(24-25-20)15-4-6-17(22)7-5-15/h2-7,12-13H,8-11H2,1H3,(H,24,25). The van der Waals surface area contributed by atoms with Gasteiger partial charge in [0.1, 0.15) is 5.82 Å². The Morgan fingerprint density at radius 2 is 1.79 bits per heavy atom. The summed E-state index contributed by atoms with van der Waals surface area (Å²) >= 11 is 5.94. The Morgan fingerprint density at radius 1 is 1.07 bits per heavy atom. The number of anilines is 1. The second kappa shape index (κ2) is 7.64. The topological polar surface area (TPSA) is 52.2 Å². The molecule has 144 valence electrons. The molecule has 3 aromatic rings. The summed E-state index contributed by atoms with van der Waals surface area (Å²) in [6, 6.07) is 14.2. The van der Waals surface area contributed by atoms with E-state index in [9.17, 15) is 9.18 Å². The molecule has 28 heavy (non-hydrogen) atoms. The molecular weight excluding hydrogens is 379 g/mol. The minimum absolute atomic E-state index is 0.137. The summed E-state index contributed by atoms with van der Waals surface area (Å²) < 4.78 is 13.8. The van der Waals surface area contributed by atoms with Crippen molar-refractivity contribution in [3.8, 4) is 11.3 Å². The number of hydrogen-bond donors (Lipinski definition) is 1. The molecule has 0 bridgehead atoms. The first-order chi connectivity index (χ1) is 13.5. The number of carbonyl (C=O) groups is 1. The molecule has 0 spiro atoms. The van der Waals surface area contributed by atoms with Gasteiger partial charge < -0.3 is 9.80 Å². The molecule has 1 aliphatic heterocycles. The molecule has 1 aromatic heterocycles. The number of aryl methyl sites for hydroxylation is 1. The number of rotatable bonds is 3. The van der Waals surface area contributed by atoms with Crippen LogP contribution in [0.5, 0.6) is 0 Å². The molecule has 1 aliphatic rings. The molecule has 1 amide bonds. The maximum atomic E-state index is 13.8. The van der Waals surface area contributed by atoms with Gasteiger partial charge in [-0.25, -0.2) is 4.39 Å². The number of piperazine rings is 1.